The van der Waals surface area contributed by atoms with Gasteiger partial charge in [0.05, 0.1) is 11.4 Å². The molecule has 0 bridgehead atoms. The lowest BCUT2D eigenvalue weighted by atomic mass is 9.93. The lowest BCUT2D eigenvalue weighted by Gasteiger charge is -2.31. The molecule has 0 amide bonds. The van der Waals surface area contributed by atoms with Crippen molar-refractivity contribution in [2.24, 2.45) is 0 Å². The minimum absolute atomic E-state index is 0.0515. The minimum atomic E-state index is 0.0515. The zero-order valence-electron chi connectivity index (χ0n) is 18.3. The van der Waals surface area contributed by atoms with Crippen molar-refractivity contribution < 1.29 is 0 Å². The van der Waals surface area contributed by atoms with E-state index in [9.17, 15) is 0 Å². The van der Waals surface area contributed by atoms with Crippen LogP contribution in [0.1, 0.15) is 22.9 Å². The number of anilines is 3. The van der Waals surface area contributed by atoms with Crippen LogP contribution in [0.3, 0.4) is 0 Å². The number of fused-ring (bicyclic) bond motifs is 6. The molecule has 0 saturated carbocycles. The van der Waals surface area contributed by atoms with Crippen molar-refractivity contribution in [2.75, 3.05) is 16.8 Å². The van der Waals surface area contributed by atoms with Crippen LogP contribution in [0, 0.1) is 0 Å². The van der Waals surface area contributed by atoms with Gasteiger partial charge in [-0.3, -0.25) is 0 Å². The Morgan fingerprint density at radius 2 is 1.27 bits per heavy atom. The van der Waals surface area contributed by atoms with Crippen molar-refractivity contribution in [3.63, 3.8) is 0 Å². The molecule has 1 aliphatic heterocycles. The summed E-state index contributed by atoms with van der Waals surface area (Å²) in [6.45, 7) is 0. The van der Waals surface area contributed by atoms with Gasteiger partial charge >= 0.3 is 0 Å². The van der Waals surface area contributed by atoms with E-state index in [2.05, 4.69) is 148 Å². The number of benzene rings is 4. The SMILES string of the molecule is CN1c2c3c(c4ccccc4c2N(c2ccc(Br)cc2)C1c1ccccc1)/C=C/C=C/C=C\3. The van der Waals surface area contributed by atoms with Crippen LogP contribution in [-0.2, 0) is 0 Å². The Labute approximate surface area is 202 Å². The summed E-state index contributed by atoms with van der Waals surface area (Å²) in [5, 5.41) is 2.54. The predicted molar refractivity (Wildman–Crippen MR) is 145 cm³/mol. The standard InChI is InChI=1S/C30H23BrN2/c1-32-28-26-15-8-3-2-7-13-24(26)25-14-9-10-16-27(25)29(28)33(23-19-17-22(31)18-20-23)30(32)21-11-5-4-6-12-21/h2-20,30H,1H3/b3-2+,7-2?,8-3?,13-7+,15-8-,24-13?,26-15?. The van der Waals surface area contributed by atoms with E-state index in [1.54, 1.807) is 0 Å². The van der Waals surface area contributed by atoms with Crippen LogP contribution in [0.4, 0.5) is 17.1 Å². The fourth-order valence-corrected chi connectivity index (χ4v) is 5.39. The van der Waals surface area contributed by atoms with Crippen LogP contribution < -0.4 is 9.80 Å². The summed E-state index contributed by atoms with van der Waals surface area (Å²) in [5.41, 5.74) is 7.48. The van der Waals surface area contributed by atoms with Crippen molar-refractivity contribution in [1.29, 1.82) is 0 Å². The average molecular weight is 491 g/mol. The van der Waals surface area contributed by atoms with Gasteiger partial charge in [-0.15, -0.1) is 0 Å². The van der Waals surface area contributed by atoms with Crippen LogP contribution in [-0.4, -0.2) is 7.05 Å². The van der Waals surface area contributed by atoms with Crippen LogP contribution in [0.15, 0.2) is 108 Å². The van der Waals surface area contributed by atoms with E-state index in [-0.39, 0.29) is 6.17 Å². The van der Waals surface area contributed by atoms with Crippen molar-refractivity contribution in [3.8, 4) is 0 Å². The van der Waals surface area contributed by atoms with Crippen LogP contribution in [0.25, 0.3) is 22.9 Å². The molecule has 1 heterocycles. The number of halogens is 1. The molecule has 1 atom stereocenters. The quantitative estimate of drug-likeness (QED) is 0.277. The van der Waals surface area contributed by atoms with Crippen LogP contribution in [0.5, 0.6) is 0 Å². The van der Waals surface area contributed by atoms with Gasteiger partial charge < -0.3 is 9.80 Å². The van der Waals surface area contributed by atoms with Crippen molar-refractivity contribution >= 4 is 55.9 Å². The molecule has 0 fully saturated rings. The highest BCUT2D eigenvalue weighted by molar-refractivity contribution is 9.10. The first kappa shape index (κ1) is 20.1. The summed E-state index contributed by atoms with van der Waals surface area (Å²) in [6.07, 6.45) is 13.0. The number of hydrogen-bond donors (Lipinski definition) is 0. The maximum Gasteiger partial charge on any atom is 0.132 e. The van der Waals surface area contributed by atoms with E-state index in [4.69, 9.17) is 0 Å². The van der Waals surface area contributed by atoms with Gasteiger partial charge in [-0.1, -0.05) is 107 Å². The summed E-state index contributed by atoms with van der Waals surface area (Å²) in [7, 11) is 2.22. The van der Waals surface area contributed by atoms with Gasteiger partial charge in [-0.25, -0.2) is 0 Å². The zero-order valence-corrected chi connectivity index (χ0v) is 19.9. The smallest absolute Gasteiger partial charge is 0.132 e. The van der Waals surface area contributed by atoms with Crippen molar-refractivity contribution in [1.82, 2.24) is 0 Å². The lowest BCUT2D eigenvalue weighted by molar-refractivity contribution is 0.719. The van der Waals surface area contributed by atoms with E-state index in [0.717, 1.165) is 4.47 Å². The maximum absolute atomic E-state index is 3.61. The number of allylic oxidation sites excluding steroid dienone is 4. The van der Waals surface area contributed by atoms with E-state index >= 15 is 0 Å². The van der Waals surface area contributed by atoms with E-state index in [1.807, 2.05) is 0 Å². The summed E-state index contributed by atoms with van der Waals surface area (Å²) in [5.74, 6) is 0. The van der Waals surface area contributed by atoms with E-state index in [0.29, 0.717) is 0 Å². The third-order valence-corrected chi connectivity index (χ3v) is 7.04. The molecule has 6 rings (SSSR count). The van der Waals surface area contributed by atoms with Crippen LogP contribution >= 0.6 is 15.9 Å². The monoisotopic (exact) mass is 490 g/mol. The average Bonchev–Trinajstić information content (AvgIpc) is 3.13. The first-order chi connectivity index (χ1) is 16.2. The van der Waals surface area contributed by atoms with Gasteiger partial charge in [0.15, 0.2) is 0 Å². The lowest BCUT2D eigenvalue weighted by Crippen LogP contribution is -2.30. The molecule has 160 valence electrons. The molecular formula is C30H23BrN2. The normalized spacial score (nSPS) is 19.5. The van der Waals surface area contributed by atoms with Gasteiger partial charge in [0.2, 0.25) is 0 Å². The highest BCUT2D eigenvalue weighted by Gasteiger charge is 2.39. The molecule has 2 nitrogen and oxygen atoms in total. The van der Waals surface area contributed by atoms with Crippen molar-refractivity contribution in [2.45, 2.75) is 6.17 Å². The van der Waals surface area contributed by atoms with Gasteiger partial charge in [0, 0.05) is 28.2 Å². The maximum atomic E-state index is 3.61. The molecular weight excluding hydrogens is 468 g/mol. The molecule has 2 aliphatic rings. The summed E-state index contributed by atoms with van der Waals surface area (Å²) in [4.78, 5) is 4.92. The summed E-state index contributed by atoms with van der Waals surface area (Å²) in [6, 6.07) is 28.2. The first-order valence-electron chi connectivity index (χ1n) is 11.2. The second-order valence-electron chi connectivity index (χ2n) is 8.41. The molecule has 3 heteroatoms. The van der Waals surface area contributed by atoms with Gasteiger partial charge in [0.25, 0.3) is 0 Å². The van der Waals surface area contributed by atoms with Gasteiger partial charge in [0.1, 0.15) is 6.17 Å². The molecule has 1 aliphatic carbocycles. The highest BCUT2D eigenvalue weighted by Crippen LogP contribution is 2.55. The predicted octanol–water partition coefficient (Wildman–Crippen LogP) is 8.49. The minimum Gasteiger partial charge on any atom is -0.348 e. The summed E-state index contributed by atoms with van der Waals surface area (Å²) < 4.78 is 1.08. The molecule has 1 unspecified atom stereocenters. The molecule has 4 aromatic rings. The van der Waals surface area contributed by atoms with Gasteiger partial charge in [-0.05, 0) is 40.8 Å². The Balaban J connectivity index is 1.73. The Kier molecular flexibility index (Phi) is 4.92. The Morgan fingerprint density at radius 1 is 0.636 bits per heavy atom. The van der Waals surface area contributed by atoms with Crippen LogP contribution in [0.2, 0.25) is 0 Å². The molecule has 33 heavy (non-hydrogen) atoms. The molecule has 0 aromatic heterocycles. The topological polar surface area (TPSA) is 6.48 Å². The number of nitrogens with zero attached hydrogens (tertiary/aromatic N) is 2. The third-order valence-electron chi connectivity index (χ3n) is 6.51. The Bertz CT molecular complexity index is 1430. The fraction of sp³-hybridized carbons (Fsp3) is 0.0667. The first-order valence-corrected chi connectivity index (χ1v) is 12.0. The van der Waals surface area contributed by atoms with E-state index < -0.39 is 0 Å². The fourth-order valence-electron chi connectivity index (χ4n) is 5.12. The largest absolute Gasteiger partial charge is 0.348 e. The Hall–Kier alpha value is -3.56. The van der Waals surface area contributed by atoms with E-state index in [1.165, 1.54) is 44.5 Å². The highest BCUT2D eigenvalue weighted by atomic mass is 79.9. The zero-order chi connectivity index (χ0) is 22.4. The van der Waals surface area contributed by atoms with Crippen molar-refractivity contribution in [3.05, 3.63) is 124 Å². The molecule has 0 radical (unpaired) electrons. The molecule has 0 N–H and O–H groups in total. The number of hydrogen-bond acceptors (Lipinski definition) is 2. The molecule has 4 aromatic carbocycles. The number of rotatable bonds is 2. The molecule has 0 saturated heterocycles. The second kappa shape index (κ2) is 8.09. The van der Waals surface area contributed by atoms with Gasteiger partial charge in [-0.2, -0.15) is 0 Å². The summed E-state index contributed by atoms with van der Waals surface area (Å²) >= 11 is 3.61. The second-order valence-corrected chi connectivity index (χ2v) is 9.33. The molecule has 0 spiro atoms. The Morgan fingerprint density at radius 3 is 2.00 bits per heavy atom. The third kappa shape index (κ3) is 3.23.